The van der Waals surface area contributed by atoms with Crippen LogP contribution in [0, 0.1) is 0 Å². The lowest BCUT2D eigenvalue weighted by atomic mass is 10.2. The second kappa shape index (κ2) is 11.4. The van der Waals surface area contributed by atoms with E-state index in [0.717, 1.165) is 5.96 Å². The first kappa shape index (κ1) is 22.7. The molecule has 1 aromatic carbocycles. The Balaban J connectivity index is 0.00000300. The van der Waals surface area contributed by atoms with E-state index in [9.17, 15) is 9.59 Å². The van der Waals surface area contributed by atoms with Gasteiger partial charge in [0, 0.05) is 51.9 Å². The first-order chi connectivity index (χ1) is 13.7. The molecule has 1 saturated heterocycles. The maximum absolute atomic E-state index is 12.3. The SMILES string of the molecule is CN=C(NCCNC(=O)c1ccccc1)N1CCN(C(=O)c2ccco2)CC1.I. The number of benzene rings is 1. The Kier molecular flexibility index (Phi) is 8.97. The second-order valence-electron chi connectivity index (χ2n) is 6.35. The van der Waals surface area contributed by atoms with Gasteiger partial charge < -0.3 is 24.9 Å². The average molecular weight is 511 g/mol. The largest absolute Gasteiger partial charge is 0.459 e. The van der Waals surface area contributed by atoms with Crippen LogP contribution in [-0.4, -0.2) is 73.9 Å². The van der Waals surface area contributed by atoms with E-state index in [2.05, 4.69) is 20.5 Å². The summed E-state index contributed by atoms with van der Waals surface area (Å²) in [6.45, 7) is 3.63. The summed E-state index contributed by atoms with van der Waals surface area (Å²) < 4.78 is 5.19. The van der Waals surface area contributed by atoms with Crippen LogP contribution < -0.4 is 10.6 Å². The van der Waals surface area contributed by atoms with Crippen molar-refractivity contribution < 1.29 is 14.0 Å². The van der Waals surface area contributed by atoms with Gasteiger partial charge in [-0.1, -0.05) is 18.2 Å². The van der Waals surface area contributed by atoms with Gasteiger partial charge in [-0.2, -0.15) is 0 Å². The number of nitrogens with zero attached hydrogens (tertiary/aromatic N) is 3. The van der Waals surface area contributed by atoms with E-state index >= 15 is 0 Å². The minimum absolute atomic E-state index is 0. The lowest BCUT2D eigenvalue weighted by Gasteiger charge is -2.36. The zero-order valence-corrected chi connectivity index (χ0v) is 18.7. The van der Waals surface area contributed by atoms with Crippen LogP contribution in [0.3, 0.4) is 0 Å². The van der Waals surface area contributed by atoms with E-state index in [4.69, 9.17) is 4.42 Å². The van der Waals surface area contributed by atoms with E-state index in [-0.39, 0.29) is 35.8 Å². The topological polar surface area (TPSA) is 90.2 Å². The normalized spacial score (nSPS) is 14.2. The zero-order valence-electron chi connectivity index (χ0n) is 16.3. The highest BCUT2D eigenvalue weighted by atomic mass is 127. The van der Waals surface area contributed by atoms with Gasteiger partial charge in [0.05, 0.1) is 6.26 Å². The number of carbonyl (C=O) groups is 2. The number of aliphatic imine (C=N–C) groups is 1. The number of piperazine rings is 1. The average Bonchev–Trinajstić information content (AvgIpc) is 3.29. The van der Waals surface area contributed by atoms with Gasteiger partial charge in [-0.25, -0.2) is 0 Å². The summed E-state index contributed by atoms with van der Waals surface area (Å²) in [5.41, 5.74) is 0.643. The molecule has 2 heterocycles. The molecule has 0 radical (unpaired) electrons. The molecule has 3 rings (SSSR count). The van der Waals surface area contributed by atoms with Crippen molar-refractivity contribution in [1.29, 1.82) is 0 Å². The fourth-order valence-electron chi connectivity index (χ4n) is 3.05. The van der Waals surface area contributed by atoms with Crippen LogP contribution in [0.25, 0.3) is 0 Å². The van der Waals surface area contributed by atoms with E-state index < -0.39 is 0 Å². The number of hydrogen-bond donors (Lipinski definition) is 2. The van der Waals surface area contributed by atoms with Crippen molar-refractivity contribution in [3.8, 4) is 0 Å². The number of amides is 2. The molecule has 1 aliphatic rings. The molecule has 9 heteroatoms. The number of carbonyl (C=O) groups excluding carboxylic acids is 2. The van der Waals surface area contributed by atoms with Crippen molar-refractivity contribution in [3.05, 3.63) is 60.1 Å². The van der Waals surface area contributed by atoms with Crippen molar-refractivity contribution in [2.45, 2.75) is 0 Å². The van der Waals surface area contributed by atoms with Crippen molar-refractivity contribution in [2.24, 2.45) is 4.99 Å². The van der Waals surface area contributed by atoms with Crippen molar-refractivity contribution in [3.63, 3.8) is 0 Å². The molecule has 0 spiro atoms. The van der Waals surface area contributed by atoms with Crippen LogP contribution in [0.1, 0.15) is 20.9 Å². The van der Waals surface area contributed by atoms with Gasteiger partial charge in [-0.3, -0.25) is 14.6 Å². The smallest absolute Gasteiger partial charge is 0.289 e. The Bertz CT molecular complexity index is 803. The third-order valence-electron chi connectivity index (χ3n) is 4.54. The highest BCUT2D eigenvalue weighted by Crippen LogP contribution is 2.09. The van der Waals surface area contributed by atoms with Gasteiger partial charge in [0.15, 0.2) is 11.7 Å². The summed E-state index contributed by atoms with van der Waals surface area (Å²) >= 11 is 0. The predicted molar refractivity (Wildman–Crippen MR) is 122 cm³/mol. The summed E-state index contributed by atoms with van der Waals surface area (Å²) in [5, 5.41) is 6.14. The quantitative estimate of drug-likeness (QED) is 0.276. The molecular formula is C20H26IN5O3. The van der Waals surface area contributed by atoms with Gasteiger partial charge in [0.25, 0.3) is 11.8 Å². The van der Waals surface area contributed by atoms with Crippen LogP contribution in [0.4, 0.5) is 0 Å². The minimum atomic E-state index is -0.0950. The van der Waals surface area contributed by atoms with Crippen LogP contribution in [0.15, 0.2) is 58.1 Å². The number of hydrogen-bond acceptors (Lipinski definition) is 4. The zero-order chi connectivity index (χ0) is 19.8. The van der Waals surface area contributed by atoms with E-state index in [1.54, 1.807) is 36.2 Å². The Morgan fingerprint density at radius 3 is 2.24 bits per heavy atom. The van der Waals surface area contributed by atoms with Crippen molar-refractivity contribution >= 4 is 41.8 Å². The maximum Gasteiger partial charge on any atom is 0.289 e. The highest BCUT2D eigenvalue weighted by molar-refractivity contribution is 14.0. The Hall–Kier alpha value is -2.56. The standard InChI is InChI=1S/C20H25N5O3.HI/c1-21-20(23-10-9-22-18(26)16-6-3-2-4-7-16)25-13-11-24(12-14-25)19(27)17-8-5-15-28-17;/h2-8,15H,9-14H2,1H3,(H,21,23)(H,22,26);1H. The molecule has 2 aromatic rings. The van der Waals surface area contributed by atoms with Gasteiger partial charge in [-0.05, 0) is 24.3 Å². The molecule has 0 saturated carbocycles. The summed E-state index contributed by atoms with van der Waals surface area (Å²) in [7, 11) is 1.73. The van der Waals surface area contributed by atoms with E-state index in [1.807, 2.05) is 18.2 Å². The van der Waals surface area contributed by atoms with Crippen LogP contribution in [0.5, 0.6) is 0 Å². The number of guanidine groups is 1. The third-order valence-corrected chi connectivity index (χ3v) is 4.54. The van der Waals surface area contributed by atoms with Gasteiger partial charge in [0.1, 0.15) is 0 Å². The summed E-state index contributed by atoms with van der Waals surface area (Å²) in [4.78, 5) is 32.5. The third kappa shape index (κ3) is 6.21. The van der Waals surface area contributed by atoms with Gasteiger partial charge in [-0.15, -0.1) is 24.0 Å². The van der Waals surface area contributed by atoms with Crippen molar-refractivity contribution in [1.82, 2.24) is 20.4 Å². The Morgan fingerprint density at radius 1 is 0.966 bits per heavy atom. The van der Waals surface area contributed by atoms with E-state index in [1.165, 1.54) is 6.26 Å². The summed E-state index contributed by atoms with van der Waals surface area (Å²) in [6, 6.07) is 12.5. The fraction of sp³-hybridized carbons (Fsp3) is 0.350. The summed E-state index contributed by atoms with van der Waals surface area (Å²) in [5.74, 6) is 0.947. The fourth-order valence-corrected chi connectivity index (χ4v) is 3.05. The van der Waals surface area contributed by atoms with Gasteiger partial charge in [0.2, 0.25) is 0 Å². The molecule has 1 fully saturated rings. The van der Waals surface area contributed by atoms with Crippen LogP contribution >= 0.6 is 24.0 Å². The van der Waals surface area contributed by atoms with E-state index in [0.29, 0.717) is 50.6 Å². The molecule has 0 unspecified atom stereocenters. The molecular weight excluding hydrogens is 485 g/mol. The molecule has 0 atom stereocenters. The number of nitrogens with one attached hydrogen (secondary N) is 2. The molecule has 0 bridgehead atoms. The maximum atomic E-state index is 12.3. The predicted octanol–water partition coefficient (Wildman–Crippen LogP) is 1.66. The highest BCUT2D eigenvalue weighted by Gasteiger charge is 2.25. The number of rotatable bonds is 5. The molecule has 156 valence electrons. The minimum Gasteiger partial charge on any atom is -0.459 e. The lowest BCUT2D eigenvalue weighted by molar-refractivity contribution is 0.0657. The first-order valence-electron chi connectivity index (χ1n) is 9.30. The Labute approximate surface area is 187 Å². The number of halogens is 1. The van der Waals surface area contributed by atoms with Crippen molar-refractivity contribution in [2.75, 3.05) is 46.3 Å². The molecule has 1 aromatic heterocycles. The van der Waals surface area contributed by atoms with Crippen LogP contribution in [0.2, 0.25) is 0 Å². The molecule has 8 nitrogen and oxygen atoms in total. The lowest BCUT2D eigenvalue weighted by Crippen LogP contribution is -2.54. The monoisotopic (exact) mass is 511 g/mol. The molecule has 0 aliphatic carbocycles. The first-order valence-corrected chi connectivity index (χ1v) is 9.30. The molecule has 29 heavy (non-hydrogen) atoms. The molecule has 1 aliphatic heterocycles. The molecule has 2 amide bonds. The Morgan fingerprint density at radius 2 is 1.62 bits per heavy atom. The number of furan rings is 1. The van der Waals surface area contributed by atoms with Crippen LogP contribution in [-0.2, 0) is 0 Å². The second-order valence-corrected chi connectivity index (χ2v) is 6.35. The molecule has 2 N–H and O–H groups in total. The van der Waals surface area contributed by atoms with Gasteiger partial charge >= 0.3 is 0 Å². The summed E-state index contributed by atoms with van der Waals surface area (Å²) in [6.07, 6.45) is 1.51.